The van der Waals surface area contributed by atoms with Crippen LogP contribution in [0.15, 0.2) is 35.5 Å². The molecule has 0 bridgehead atoms. The molecule has 7 nitrogen and oxygen atoms in total. The molecule has 1 aliphatic rings. The molecule has 0 atom stereocenters. The van der Waals surface area contributed by atoms with Crippen molar-refractivity contribution < 1.29 is 8.42 Å². The summed E-state index contributed by atoms with van der Waals surface area (Å²) in [7, 11) is 2.18. The Labute approximate surface area is 136 Å². The summed E-state index contributed by atoms with van der Waals surface area (Å²) >= 11 is 0. The van der Waals surface area contributed by atoms with Crippen LogP contribution in [0.5, 0.6) is 0 Å². The maximum atomic E-state index is 11.6. The molecular formula is C15H23N5O2S. The summed E-state index contributed by atoms with van der Waals surface area (Å²) in [5.41, 5.74) is 7.25. The average molecular weight is 337 g/mol. The zero-order chi connectivity index (χ0) is 17.2. The van der Waals surface area contributed by atoms with Gasteiger partial charge in [-0.25, -0.2) is 13.6 Å². The Morgan fingerprint density at radius 2 is 1.87 bits per heavy atom. The predicted molar refractivity (Wildman–Crippen MR) is 91.3 cm³/mol. The van der Waals surface area contributed by atoms with Gasteiger partial charge in [0.25, 0.3) is 0 Å². The molecule has 8 heteroatoms. The Kier molecular flexibility index (Phi) is 5.08. The Hall–Kier alpha value is -1.90. The monoisotopic (exact) mass is 337 g/mol. The zero-order valence-corrected chi connectivity index (χ0v) is 14.4. The highest BCUT2D eigenvalue weighted by atomic mass is 32.2. The van der Waals surface area contributed by atoms with E-state index < -0.39 is 10.0 Å². The minimum atomic E-state index is -3.82. The quantitative estimate of drug-likeness (QED) is 0.821. The molecule has 1 aromatic heterocycles. The van der Waals surface area contributed by atoms with Gasteiger partial charge in [-0.3, -0.25) is 4.68 Å². The second kappa shape index (κ2) is 6.69. The van der Waals surface area contributed by atoms with Crippen LogP contribution in [0.2, 0.25) is 0 Å². The molecule has 4 N–H and O–H groups in total. The number of primary sulfonamides is 1. The van der Waals surface area contributed by atoms with Gasteiger partial charge in [0.1, 0.15) is 0 Å². The van der Waals surface area contributed by atoms with E-state index in [1.54, 1.807) is 18.3 Å². The van der Waals surface area contributed by atoms with Crippen molar-refractivity contribution in [1.82, 2.24) is 14.7 Å². The van der Waals surface area contributed by atoms with E-state index in [0.29, 0.717) is 17.3 Å². The Balaban J connectivity index is 0.000000433. The summed E-state index contributed by atoms with van der Waals surface area (Å²) in [5.74, 6) is 0. The number of rotatable bonds is 3. The van der Waals surface area contributed by atoms with Gasteiger partial charge in [0, 0.05) is 23.0 Å². The minimum Gasteiger partial charge on any atom is -0.399 e. The third-order valence-electron chi connectivity index (χ3n) is 3.15. The van der Waals surface area contributed by atoms with Crippen LogP contribution in [0, 0.1) is 0 Å². The summed E-state index contributed by atoms with van der Waals surface area (Å²) in [6.45, 7) is 0. The van der Waals surface area contributed by atoms with E-state index in [2.05, 4.69) is 5.10 Å². The van der Waals surface area contributed by atoms with Gasteiger partial charge in [-0.2, -0.15) is 5.10 Å². The van der Waals surface area contributed by atoms with E-state index >= 15 is 0 Å². The van der Waals surface area contributed by atoms with Crippen molar-refractivity contribution in [3.63, 3.8) is 0 Å². The number of nitrogen functional groups attached to an aromatic ring is 1. The van der Waals surface area contributed by atoms with Crippen molar-refractivity contribution in [2.45, 2.75) is 23.8 Å². The molecule has 1 heterocycles. The number of nitrogens with two attached hydrogens (primary N) is 2. The number of benzene rings is 1. The lowest BCUT2D eigenvalue weighted by Gasteiger charge is -2.06. The predicted octanol–water partition coefficient (Wildman–Crippen LogP) is 1.29. The molecule has 0 radical (unpaired) electrons. The van der Waals surface area contributed by atoms with Crippen LogP contribution in [0.1, 0.15) is 18.9 Å². The molecule has 2 aromatic rings. The largest absolute Gasteiger partial charge is 0.399 e. The van der Waals surface area contributed by atoms with Crippen LogP contribution in [-0.2, 0) is 10.0 Å². The second-order valence-corrected chi connectivity index (χ2v) is 7.61. The highest BCUT2D eigenvalue weighted by Gasteiger charge is 2.25. The lowest BCUT2D eigenvalue weighted by atomic mass is 10.1. The minimum absolute atomic E-state index is 0.0304. The van der Waals surface area contributed by atoms with E-state index in [9.17, 15) is 8.42 Å². The molecule has 1 fully saturated rings. The number of anilines is 1. The molecule has 1 aromatic carbocycles. The van der Waals surface area contributed by atoms with Crippen molar-refractivity contribution >= 4 is 15.7 Å². The molecular weight excluding hydrogens is 314 g/mol. The van der Waals surface area contributed by atoms with Crippen molar-refractivity contribution in [3.8, 4) is 11.1 Å². The number of hydrogen-bond acceptors (Lipinski definition) is 5. The third-order valence-corrected chi connectivity index (χ3v) is 4.10. The highest BCUT2D eigenvalue weighted by molar-refractivity contribution is 7.89. The SMILES string of the molecule is CN(C)C.Nc1ccc(-c2cnn(C3CC3)c2)c(S(N)(=O)=O)c1. The fourth-order valence-electron chi connectivity index (χ4n) is 2.03. The van der Waals surface area contributed by atoms with E-state index in [1.165, 1.54) is 6.07 Å². The van der Waals surface area contributed by atoms with Gasteiger partial charge in [0.05, 0.1) is 17.1 Å². The Morgan fingerprint density at radius 1 is 1.26 bits per heavy atom. The molecule has 0 saturated heterocycles. The van der Waals surface area contributed by atoms with E-state index in [0.717, 1.165) is 18.4 Å². The molecule has 0 unspecified atom stereocenters. The van der Waals surface area contributed by atoms with Gasteiger partial charge < -0.3 is 10.6 Å². The molecule has 126 valence electrons. The summed E-state index contributed by atoms with van der Waals surface area (Å²) in [4.78, 5) is 2.03. The van der Waals surface area contributed by atoms with Crippen molar-refractivity contribution in [1.29, 1.82) is 0 Å². The van der Waals surface area contributed by atoms with Crippen molar-refractivity contribution in [2.75, 3.05) is 26.9 Å². The molecule has 0 amide bonds. The Morgan fingerprint density at radius 3 is 2.39 bits per heavy atom. The lowest BCUT2D eigenvalue weighted by molar-refractivity contribution is 0.505. The van der Waals surface area contributed by atoms with Crippen LogP contribution in [0.4, 0.5) is 5.69 Å². The zero-order valence-electron chi connectivity index (χ0n) is 13.6. The van der Waals surface area contributed by atoms with E-state index in [1.807, 2.05) is 36.9 Å². The van der Waals surface area contributed by atoms with Crippen LogP contribution < -0.4 is 10.9 Å². The summed E-state index contributed by atoms with van der Waals surface area (Å²) in [6, 6.07) is 5.13. The van der Waals surface area contributed by atoms with Gasteiger partial charge in [-0.1, -0.05) is 6.07 Å². The second-order valence-electron chi connectivity index (χ2n) is 6.08. The molecule has 0 spiro atoms. The summed E-state index contributed by atoms with van der Waals surface area (Å²) < 4.78 is 25.1. The average Bonchev–Trinajstić information content (AvgIpc) is 3.15. The molecule has 3 rings (SSSR count). The summed E-state index contributed by atoms with van der Waals surface area (Å²) in [6.07, 6.45) is 5.73. The molecule has 1 saturated carbocycles. The van der Waals surface area contributed by atoms with Crippen LogP contribution in [0.3, 0.4) is 0 Å². The summed E-state index contributed by atoms with van der Waals surface area (Å²) in [5, 5.41) is 9.48. The number of sulfonamides is 1. The fourth-order valence-corrected chi connectivity index (χ4v) is 2.82. The number of hydrogen-bond donors (Lipinski definition) is 2. The van der Waals surface area contributed by atoms with Crippen LogP contribution in [-0.4, -0.2) is 44.2 Å². The van der Waals surface area contributed by atoms with Gasteiger partial charge in [0.15, 0.2) is 0 Å². The topological polar surface area (TPSA) is 107 Å². The maximum absolute atomic E-state index is 11.6. The standard InChI is InChI=1S/C12H14N4O2S.C3H9N/c13-9-1-4-11(12(5-9)19(14,17)18)8-6-15-16(7-8)10-2-3-10;1-4(2)3/h1,4-7,10H,2-3,13H2,(H2,14,17,18);1-3H3. The van der Waals surface area contributed by atoms with Crippen LogP contribution >= 0.6 is 0 Å². The molecule has 23 heavy (non-hydrogen) atoms. The number of aromatic nitrogens is 2. The fraction of sp³-hybridized carbons (Fsp3) is 0.400. The van der Waals surface area contributed by atoms with Crippen LogP contribution in [0.25, 0.3) is 11.1 Å². The Bertz CT molecular complexity index is 776. The molecule has 1 aliphatic carbocycles. The number of nitrogens with zero attached hydrogens (tertiary/aromatic N) is 3. The first-order valence-corrected chi connectivity index (χ1v) is 8.81. The third kappa shape index (κ3) is 4.78. The normalized spacial score (nSPS) is 14.5. The van der Waals surface area contributed by atoms with E-state index in [4.69, 9.17) is 10.9 Å². The first-order chi connectivity index (χ1) is 10.7. The van der Waals surface area contributed by atoms with Crippen molar-refractivity contribution in [3.05, 3.63) is 30.6 Å². The first kappa shape index (κ1) is 17.5. The smallest absolute Gasteiger partial charge is 0.238 e. The first-order valence-electron chi connectivity index (χ1n) is 7.26. The van der Waals surface area contributed by atoms with E-state index in [-0.39, 0.29) is 4.90 Å². The lowest BCUT2D eigenvalue weighted by Crippen LogP contribution is -2.13. The van der Waals surface area contributed by atoms with Crippen molar-refractivity contribution in [2.24, 2.45) is 5.14 Å². The highest BCUT2D eigenvalue weighted by Crippen LogP contribution is 2.36. The van der Waals surface area contributed by atoms with Gasteiger partial charge >= 0.3 is 0 Å². The maximum Gasteiger partial charge on any atom is 0.238 e. The van der Waals surface area contributed by atoms with Gasteiger partial charge in [-0.05, 0) is 46.1 Å². The van der Waals surface area contributed by atoms with Gasteiger partial charge in [-0.15, -0.1) is 0 Å². The van der Waals surface area contributed by atoms with Gasteiger partial charge in [0.2, 0.25) is 10.0 Å². The molecule has 0 aliphatic heterocycles.